The molecule has 1 aliphatic heterocycles. The lowest BCUT2D eigenvalue weighted by atomic mass is 9.77. The van der Waals surface area contributed by atoms with Crippen LogP contribution in [0, 0.1) is 5.41 Å². The zero-order valence-corrected chi connectivity index (χ0v) is 11.9. The zero-order chi connectivity index (χ0) is 13.2. The van der Waals surface area contributed by atoms with Gasteiger partial charge in [-0.15, -0.1) is 0 Å². The van der Waals surface area contributed by atoms with E-state index in [-0.39, 0.29) is 12.0 Å². The Morgan fingerprint density at radius 2 is 2.33 bits per heavy atom. The van der Waals surface area contributed by atoms with E-state index in [1.165, 1.54) is 0 Å². The molecule has 1 aliphatic rings. The van der Waals surface area contributed by atoms with Crippen LogP contribution in [0.5, 0.6) is 0 Å². The van der Waals surface area contributed by atoms with Gasteiger partial charge in [0.15, 0.2) is 0 Å². The minimum absolute atomic E-state index is 0.0826. The third kappa shape index (κ3) is 2.56. The third-order valence-electron chi connectivity index (χ3n) is 3.94. The molecule has 18 heavy (non-hydrogen) atoms. The molecule has 1 atom stereocenters. The molecule has 0 aromatic carbocycles. The van der Waals surface area contributed by atoms with Gasteiger partial charge in [-0.2, -0.15) is 5.10 Å². The van der Waals surface area contributed by atoms with Crippen LogP contribution in [0.4, 0.5) is 0 Å². The van der Waals surface area contributed by atoms with E-state index in [0.29, 0.717) is 0 Å². The molecule has 0 aliphatic carbocycles. The van der Waals surface area contributed by atoms with Gasteiger partial charge in [0.1, 0.15) is 0 Å². The molecular weight excluding hydrogens is 250 g/mol. The molecule has 1 fully saturated rings. The number of aliphatic hydroxyl groups is 1. The van der Waals surface area contributed by atoms with E-state index in [2.05, 4.69) is 17.3 Å². The molecule has 4 nitrogen and oxygen atoms in total. The molecule has 2 N–H and O–H groups in total. The normalized spacial score (nSPS) is 24.4. The highest BCUT2D eigenvalue weighted by Gasteiger charge is 2.33. The van der Waals surface area contributed by atoms with Gasteiger partial charge >= 0.3 is 0 Å². The van der Waals surface area contributed by atoms with Crippen molar-refractivity contribution in [2.24, 2.45) is 12.5 Å². The summed E-state index contributed by atoms with van der Waals surface area (Å²) in [5.74, 6) is 0. The molecule has 0 radical (unpaired) electrons. The standard InChI is InChI=1S/C13H22ClN3O/c1-3-10-12(14)11(17(2)16-10)7-13(9-18)5-4-6-15-8-13/h15,18H,3-9H2,1-2H3. The molecule has 1 unspecified atom stereocenters. The van der Waals surface area contributed by atoms with Crippen LogP contribution in [0.2, 0.25) is 5.02 Å². The number of hydrogen-bond donors (Lipinski definition) is 2. The molecule has 1 saturated heterocycles. The second kappa shape index (κ2) is 5.59. The van der Waals surface area contributed by atoms with E-state index < -0.39 is 0 Å². The summed E-state index contributed by atoms with van der Waals surface area (Å²) in [5.41, 5.74) is 1.91. The molecule has 0 amide bonds. The van der Waals surface area contributed by atoms with Gasteiger partial charge in [0.25, 0.3) is 0 Å². The lowest BCUT2D eigenvalue weighted by Crippen LogP contribution is -2.44. The average molecular weight is 272 g/mol. The van der Waals surface area contributed by atoms with Crippen LogP contribution in [-0.2, 0) is 19.9 Å². The Balaban J connectivity index is 2.24. The summed E-state index contributed by atoms with van der Waals surface area (Å²) in [6.45, 7) is 4.15. The van der Waals surface area contributed by atoms with Gasteiger partial charge in [-0.3, -0.25) is 4.68 Å². The van der Waals surface area contributed by atoms with Crippen LogP contribution in [0.1, 0.15) is 31.2 Å². The van der Waals surface area contributed by atoms with E-state index >= 15 is 0 Å². The fourth-order valence-electron chi connectivity index (χ4n) is 2.74. The van der Waals surface area contributed by atoms with Crippen molar-refractivity contribution in [1.29, 1.82) is 0 Å². The Bertz CT molecular complexity index is 411. The molecule has 102 valence electrons. The van der Waals surface area contributed by atoms with Gasteiger partial charge in [-0.05, 0) is 32.2 Å². The predicted octanol–water partition coefficient (Wildman–Crippen LogP) is 1.54. The van der Waals surface area contributed by atoms with Gasteiger partial charge < -0.3 is 10.4 Å². The Hall–Kier alpha value is -0.580. The highest BCUT2D eigenvalue weighted by molar-refractivity contribution is 6.31. The van der Waals surface area contributed by atoms with Crippen molar-refractivity contribution < 1.29 is 5.11 Å². The van der Waals surface area contributed by atoms with Crippen molar-refractivity contribution in [3.8, 4) is 0 Å². The summed E-state index contributed by atoms with van der Waals surface area (Å²) in [4.78, 5) is 0. The predicted molar refractivity (Wildman–Crippen MR) is 72.9 cm³/mol. The van der Waals surface area contributed by atoms with Crippen molar-refractivity contribution in [2.45, 2.75) is 32.6 Å². The van der Waals surface area contributed by atoms with Crippen LogP contribution >= 0.6 is 11.6 Å². The highest BCUT2D eigenvalue weighted by atomic mass is 35.5. The Morgan fingerprint density at radius 3 is 2.83 bits per heavy atom. The van der Waals surface area contributed by atoms with E-state index in [9.17, 15) is 5.11 Å². The van der Waals surface area contributed by atoms with Crippen molar-refractivity contribution in [3.63, 3.8) is 0 Å². The highest BCUT2D eigenvalue weighted by Crippen LogP contribution is 2.33. The summed E-state index contributed by atoms with van der Waals surface area (Å²) >= 11 is 6.38. The number of piperidine rings is 1. The van der Waals surface area contributed by atoms with Crippen molar-refractivity contribution in [1.82, 2.24) is 15.1 Å². The summed E-state index contributed by atoms with van der Waals surface area (Å²) in [5, 5.41) is 18.3. The maximum Gasteiger partial charge on any atom is 0.0849 e. The van der Waals surface area contributed by atoms with Crippen LogP contribution in [0.25, 0.3) is 0 Å². The fourth-order valence-corrected chi connectivity index (χ4v) is 3.10. The molecule has 1 aromatic heterocycles. The number of rotatable bonds is 4. The molecule has 0 bridgehead atoms. The number of aromatic nitrogens is 2. The maximum absolute atomic E-state index is 9.74. The minimum Gasteiger partial charge on any atom is -0.396 e. The maximum atomic E-state index is 9.74. The molecule has 1 aromatic rings. The van der Waals surface area contributed by atoms with Crippen molar-refractivity contribution in [2.75, 3.05) is 19.7 Å². The zero-order valence-electron chi connectivity index (χ0n) is 11.2. The quantitative estimate of drug-likeness (QED) is 0.873. The minimum atomic E-state index is -0.0826. The number of aryl methyl sites for hydroxylation is 2. The lowest BCUT2D eigenvalue weighted by molar-refractivity contribution is 0.0929. The third-order valence-corrected chi connectivity index (χ3v) is 4.38. The summed E-state index contributed by atoms with van der Waals surface area (Å²) in [6, 6.07) is 0. The summed E-state index contributed by atoms with van der Waals surface area (Å²) < 4.78 is 1.87. The monoisotopic (exact) mass is 271 g/mol. The molecule has 0 saturated carbocycles. The lowest BCUT2D eigenvalue weighted by Gasteiger charge is -2.36. The van der Waals surface area contributed by atoms with Crippen LogP contribution in [0.3, 0.4) is 0 Å². The first-order valence-electron chi connectivity index (χ1n) is 6.64. The van der Waals surface area contributed by atoms with Gasteiger partial charge in [0, 0.05) is 19.0 Å². The Labute approximate surface area is 113 Å². The van der Waals surface area contributed by atoms with Crippen molar-refractivity contribution in [3.05, 3.63) is 16.4 Å². The summed E-state index contributed by atoms with van der Waals surface area (Å²) in [7, 11) is 1.93. The van der Waals surface area contributed by atoms with Crippen LogP contribution in [-0.4, -0.2) is 34.6 Å². The number of nitrogens with zero attached hydrogens (tertiary/aromatic N) is 2. The fraction of sp³-hybridized carbons (Fsp3) is 0.769. The first kappa shape index (κ1) is 13.8. The first-order chi connectivity index (χ1) is 8.62. The van der Waals surface area contributed by atoms with Crippen molar-refractivity contribution >= 4 is 11.6 Å². The Morgan fingerprint density at radius 1 is 1.56 bits per heavy atom. The van der Waals surface area contributed by atoms with Gasteiger partial charge in [-0.1, -0.05) is 18.5 Å². The Kier molecular flexibility index (Phi) is 4.30. The largest absolute Gasteiger partial charge is 0.396 e. The number of aliphatic hydroxyl groups excluding tert-OH is 1. The smallest absolute Gasteiger partial charge is 0.0849 e. The summed E-state index contributed by atoms with van der Waals surface area (Å²) in [6.07, 6.45) is 3.78. The van der Waals surface area contributed by atoms with Crippen LogP contribution in [0.15, 0.2) is 0 Å². The second-order valence-corrected chi connectivity index (χ2v) is 5.68. The molecule has 2 heterocycles. The number of hydrogen-bond acceptors (Lipinski definition) is 3. The topological polar surface area (TPSA) is 50.1 Å². The first-order valence-corrected chi connectivity index (χ1v) is 7.01. The SMILES string of the molecule is CCc1nn(C)c(CC2(CO)CCCNC2)c1Cl. The average Bonchev–Trinajstić information content (AvgIpc) is 2.67. The molecule has 5 heteroatoms. The van der Waals surface area contributed by atoms with Crippen LogP contribution < -0.4 is 5.32 Å². The number of nitrogens with one attached hydrogen (secondary N) is 1. The van der Waals surface area contributed by atoms with Gasteiger partial charge in [0.2, 0.25) is 0 Å². The van der Waals surface area contributed by atoms with Gasteiger partial charge in [-0.25, -0.2) is 0 Å². The van der Waals surface area contributed by atoms with Gasteiger partial charge in [0.05, 0.1) is 23.0 Å². The van der Waals surface area contributed by atoms with E-state index in [1.54, 1.807) is 0 Å². The molecule has 2 rings (SSSR count). The van der Waals surface area contributed by atoms with E-state index in [4.69, 9.17) is 11.6 Å². The molecule has 0 spiro atoms. The second-order valence-electron chi connectivity index (χ2n) is 5.30. The molecular formula is C13H22ClN3O. The number of halogens is 1. The van der Waals surface area contributed by atoms with E-state index in [0.717, 1.165) is 55.2 Å². The van der Waals surface area contributed by atoms with E-state index in [1.807, 2.05) is 11.7 Å².